The minimum atomic E-state index is 0.215. The Morgan fingerprint density at radius 3 is 2.50 bits per heavy atom. The lowest BCUT2D eigenvalue weighted by Crippen LogP contribution is -2.28. The van der Waals surface area contributed by atoms with Crippen LogP contribution >= 0.6 is 0 Å². The van der Waals surface area contributed by atoms with Gasteiger partial charge in [0.15, 0.2) is 0 Å². The average molecular weight is 272 g/mol. The monoisotopic (exact) mass is 272 g/mol. The number of benzene rings is 1. The van der Waals surface area contributed by atoms with Crippen LogP contribution in [0.3, 0.4) is 0 Å². The van der Waals surface area contributed by atoms with E-state index in [1.54, 1.807) is 0 Å². The second kappa shape index (κ2) is 5.96. The molecule has 1 aromatic rings. The average Bonchev–Trinajstić information content (AvgIpc) is 2.94. The number of hydrogen-bond acceptors (Lipinski definition) is 2. The van der Waals surface area contributed by atoms with E-state index in [4.69, 9.17) is 0 Å². The van der Waals surface area contributed by atoms with Gasteiger partial charge in [-0.2, -0.15) is 0 Å². The molecule has 1 amide bonds. The molecule has 1 N–H and O–H groups in total. The highest BCUT2D eigenvalue weighted by molar-refractivity contribution is 5.78. The maximum Gasteiger partial charge on any atom is 0.223 e. The van der Waals surface area contributed by atoms with E-state index < -0.39 is 0 Å². The first-order chi connectivity index (χ1) is 9.75. The minimum Gasteiger partial charge on any atom is -0.336 e. The first-order valence-electron chi connectivity index (χ1n) is 7.86. The fourth-order valence-corrected chi connectivity index (χ4v) is 3.46. The molecule has 3 nitrogen and oxygen atoms in total. The molecule has 1 aromatic carbocycles. The molecule has 2 heterocycles. The molecule has 2 aliphatic rings. The topological polar surface area (TPSA) is 32.3 Å². The zero-order valence-corrected chi connectivity index (χ0v) is 12.3. The van der Waals surface area contributed by atoms with Crippen molar-refractivity contribution in [3.8, 4) is 0 Å². The Morgan fingerprint density at radius 2 is 1.90 bits per heavy atom. The fourth-order valence-electron chi connectivity index (χ4n) is 3.46. The zero-order valence-electron chi connectivity index (χ0n) is 12.3. The van der Waals surface area contributed by atoms with Crippen molar-refractivity contribution in [3.63, 3.8) is 0 Å². The number of piperidine rings is 1. The van der Waals surface area contributed by atoms with E-state index >= 15 is 0 Å². The minimum absolute atomic E-state index is 0.215. The highest BCUT2D eigenvalue weighted by Gasteiger charge is 2.26. The van der Waals surface area contributed by atoms with E-state index in [0.717, 1.165) is 32.5 Å². The lowest BCUT2D eigenvalue weighted by Gasteiger charge is -2.26. The number of carbonyl (C=O) groups excluding carboxylic acids is 1. The van der Waals surface area contributed by atoms with Gasteiger partial charge in [-0.05, 0) is 56.3 Å². The number of nitrogens with one attached hydrogen (secondary N) is 1. The van der Waals surface area contributed by atoms with Crippen LogP contribution in [0.15, 0.2) is 24.3 Å². The largest absolute Gasteiger partial charge is 0.336 e. The van der Waals surface area contributed by atoms with Crippen molar-refractivity contribution >= 4 is 5.91 Å². The van der Waals surface area contributed by atoms with Gasteiger partial charge < -0.3 is 10.2 Å². The summed E-state index contributed by atoms with van der Waals surface area (Å²) in [6.07, 6.45) is 4.20. The van der Waals surface area contributed by atoms with Crippen molar-refractivity contribution in [2.24, 2.45) is 0 Å². The van der Waals surface area contributed by atoms with E-state index in [1.165, 1.54) is 24.0 Å². The van der Waals surface area contributed by atoms with Crippen molar-refractivity contribution in [3.05, 3.63) is 35.4 Å². The third kappa shape index (κ3) is 2.73. The molecule has 20 heavy (non-hydrogen) atoms. The first kappa shape index (κ1) is 13.6. The highest BCUT2D eigenvalue weighted by Crippen LogP contribution is 2.29. The number of rotatable bonds is 3. The third-order valence-corrected chi connectivity index (χ3v) is 4.81. The number of likely N-dealkylation sites (tertiary alicyclic amines) is 1. The van der Waals surface area contributed by atoms with Gasteiger partial charge in [-0.3, -0.25) is 4.79 Å². The van der Waals surface area contributed by atoms with Gasteiger partial charge in [0.2, 0.25) is 5.91 Å². The normalized spacial score (nSPS) is 22.2. The summed E-state index contributed by atoms with van der Waals surface area (Å²) in [7, 11) is 0. The summed E-state index contributed by atoms with van der Waals surface area (Å²) < 4.78 is 0. The van der Waals surface area contributed by atoms with Crippen LogP contribution in [0.1, 0.15) is 55.7 Å². The van der Waals surface area contributed by atoms with Crippen LogP contribution in [-0.2, 0) is 4.79 Å². The van der Waals surface area contributed by atoms with Crippen LogP contribution in [0.4, 0.5) is 0 Å². The lowest BCUT2D eigenvalue weighted by molar-refractivity contribution is -0.129. The van der Waals surface area contributed by atoms with Gasteiger partial charge >= 0.3 is 0 Å². The van der Waals surface area contributed by atoms with Crippen LogP contribution in [0.25, 0.3) is 0 Å². The molecule has 0 aliphatic carbocycles. The quantitative estimate of drug-likeness (QED) is 0.917. The zero-order chi connectivity index (χ0) is 13.9. The Kier molecular flexibility index (Phi) is 4.06. The number of amides is 1. The van der Waals surface area contributed by atoms with Crippen molar-refractivity contribution in [1.82, 2.24) is 10.2 Å². The van der Waals surface area contributed by atoms with Crippen LogP contribution in [-0.4, -0.2) is 30.4 Å². The molecule has 0 unspecified atom stereocenters. The van der Waals surface area contributed by atoms with E-state index in [-0.39, 0.29) is 6.04 Å². The van der Waals surface area contributed by atoms with Crippen LogP contribution < -0.4 is 5.32 Å². The van der Waals surface area contributed by atoms with Crippen molar-refractivity contribution in [1.29, 1.82) is 0 Å². The maximum absolute atomic E-state index is 11.8. The molecule has 1 atom stereocenters. The predicted molar refractivity (Wildman–Crippen MR) is 80.6 cm³/mol. The van der Waals surface area contributed by atoms with Crippen LogP contribution in [0.2, 0.25) is 0 Å². The van der Waals surface area contributed by atoms with Gasteiger partial charge in [-0.1, -0.05) is 24.3 Å². The second-order valence-electron chi connectivity index (χ2n) is 6.06. The molecule has 108 valence electrons. The molecule has 0 saturated carbocycles. The Labute approximate surface area is 121 Å². The van der Waals surface area contributed by atoms with Gasteiger partial charge in [0.1, 0.15) is 0 Å². The van der Waals surface area contributed by atoms with Crippen LogP contribution in [0, 0.1) is 0 Å². The Morgan fingerprint density at radius 1 is 1.20 bits per heavy atom. The molecule has 2 aliphatic heterocycles. The second-order valence-corrected chi connectivity index (χ2v) is 6.06. The van der Waals surface area contributed by atoms with Gasteiger partial charge in [-0.15, -0.1) is 0 Å². The smallest absolute Gasteiger partial charge is 0.223 e. The summed E-state index contributed by atoms with van der Waals surface area (Å²) in [4.78, 5) is 13.8. The molecular weight excluding hydrogens is 248 g/mol. The fraction of sp³-hybridized carbons (Fsp3) is 0.588. The molecular formula is C17H24N2O. The van der Waals surface area contributed by atoms with Crippen LogP contribution in [0.5, 0.6) is 0 Å². The molecule has 0 aromatic heterocycles. The summed E-state index contributed by atoms with van der Waals surface area (Å²) in [5, 5.41) is 3.41. The summed E-state index contributed by atoms with van der Waals surface area (Å²) in [5.74, 6) is 1.01. The van der Waals surface area contributed by atoms with Crippen molar-refractivity contribution in [2.75, 3.05) is 19.6 Å². The highest BCUT2D eigenvalue weighted by atomic mass is 16.2. The van der Waals surface area contributed by atoms with E-state index in [1.807, 2.05) is 4.90 Å². The van der Waals surface area contributed by atoms with E-state index in [9.17, 15) is 4.79 Å². The number of hydrogen-bond donors (Lipinski definition) is 1. The van der Waals surface area contributed by atoms with E-state index in [0.29, 0.717) is 11.8 Å². The first-order valence-corrected chi connectivity index (χ1v) is 7.86. The molecule has 0 spiro atoms. The Bertz CT molecular complexity index is 462. The molecule has 2 saturated heterocycles. The summed E-state index contributed by atoms with van der Waals surface area (Å²) >= 11 is 0. The van der Waals surface area contributed by atoms with Gasteiger partial charge in [-0.25, -0.2) is 0 Å². The van der Waals surface area contributed by atoms with Gasteiger partial charge in [0.25, 0.3) is 0 Å². The predicted octanol–water partition coefficient (Wildman–Crippen LogP) is 2.84. The molecule has 3 heteroatoms. The SMILES string of the molecule is C[C@@H](c1ccc(C2CCNCC2)cc1)N1CCCC1=O. The van der Waals surface area contributed by atoms with Crippen molar-refractivity contribution in [2.45, 2.75) is 44.6 Å². The van der Waals surface area contributed by atoms with Gasteiger partial charge in [0.05, 0.1) is 6.04 Å². The Balaban J connectivity index is 1.70. The maximum atomic E-state index is 11.8. The van der Waals surface area contributed by atoms with Crippen molar-refractivity contribution < 1.29 is 4.79 Å². The third-order valence-electron chi connectivity index (χ3n) is 4.81. The summed E-state index contributed by atoms with van der Waals surface area (Å²) in [6.45, 7) is 5.31. The lowest BCUT2D eigenvalue weighted by atomic mass is 9.89. The molecule has 0 bridgehead atoms. The molecule has 0 radical (unpaired) electrons. The number of carbonyl (C=O) groups is 1. The number of nitrogens with zero attached hydrogens (tertiary/aromatic N) is 1. The summed E-state index contributed by atoms with van der Waals surface area (Å²) in [6, 6.07) is 9.18. The van der Waals surface area contributed by atoms with Gasteiger partial charge in [0, 0.05) is 13.0 Å². The van der Waals surface area contributed by atoms with E-state index in [2.05, 4.69) is 36.5 Å². The standard InChI is InChI=1S/C17H24N2O/c1-13(19-12-2-3-17(19)20)14-4-6-15(7-5-14)16-8-10-18-11-9-16/h4-7,13,16,18H,2-3,8-12H2,1H3/t13-/m0/s1. The Hall–Kier alpha value is -1.35. The molecule has 3 rings (SSSR count). The summed E-state index contributed by atoms with van der Waals surface area (Å²) in [5.41, 5.74) is 2.72. The molecule has 2 fully saturated rings.